The minimum absolute atomic E-state index is 0.948. The summed E-state index contributed by atoms with van der Waals surface area (Å²) in [5.74, 6) is 1.92. The topological polar surface area (TPSA) is 0 Å². The molecule has 0 saturated heterocycles. The van der Waals surface area contributed by atoms with Crippen LogP contribution in [0.25, 0.3) is 11.1 Å². The second-order valence-corrected chi connectivity index (χ2v) is 8.05. The Hall–Kier alpha value is -2.34. The van der Waals surface area contributed by atoms with Gasteiger partial charge in [0.1, 0.15) is 0 Å². The van der Waals surface area contributed by atoms with Crippen molar-refractivity contribution in [3.8, 4) is 11.1 Å². The fourth-order valence-corrected chi connectivity index (χ4v) is 3.85. The van der Waals surface area contributed by atoms with Crippen LogP contribution in [0.2, 0.25) is 0 Å². The second kappa shape index (κ2) is 10.1. The molecule has 0 unspecified atom stereocenters. The normalized spacial score (nSPS) is 19.0. The lowest BCUT2D eigenvalue weighted by Crippen LogP contribution is -2.14. The van der Waals surface area contributed by atoms with E-state index in [2.05, 4.69) is 86.6 Å². The predicted octanol–water partition coefficient (Wildman–Crippen LogP) is 7.72. The Morgan fingerprint density at radius 3 is 1.59 bits per heavy atom. The smallest absolute Gasteiger partial charge is 0.0184 e. The summed E-state index contributed by atoms with van der Waals surface area (Å²) >= 11 is 0. The summed E-state index contributed by atoms with van der Waals surface area (Å²) < 4.78 is 0. The Balaban J connectivity index is 0.000000159. The molecule has 0 N–H and O–H groups in total. The first-order valence-electron chi connectivity index (χ1n) is 10.4. The number of benzene rings is 3. The molecule has 0 aromatic heterocycles. The third-order valence-electron chi connectivity index (χ3n) is 5.66. The highest BCUT2D eigenvalue weighted by atomic mass is 14.2. The molecule has 140 valence electrons. The molecule has 4 rings (SSSR count). The van der Waals surface area contributed by atoms with E-state index in [1.54, 1.807) is 0 Å². The molecule has 0 atom stereocenters. The first-order chi connectivity index (χ1) is 13.2. The van der Waals surface area contributed by atoms with Crippen molar-refractivity contribution in [2.24, 2.45) is 11.8 Å². The lowest BCUT2D eigenvalue weighted by molar-refractivity contribution is 0.289. The van der Waals surface area contributed by atoms with E-state index in [0.29, 0.717) is 0 Å². The minimum atomic E-state index is 0.948. The van der Waals surface area contributed by atoms with E-state index >= 15 is 0 Å². The van der Waals surface area contributed by atoms with Gasteiger partial charge in [-0.15, -0.1) is 0 Å². The Labute approximate surface area is 165 Å². The molecule has 1 aliphatic rings. The Morgan fingerprint density at radius 1 is 0.630 bits per heavy atom. The van der Waals surface area contributed by atoms with Gasteiger partial charge in [0.2, 0.25) is 0 Å². The fraction of sp³-hybridized carbons (Fsp3) is 0.333. The first kappa shape index (κ1) is 19.4. The molecular weight excluding hydrogens is 324 g/mol. The highest BCUT2D eigenvalue weighted by molar-refractivity contribution is 5.62. The van der Waals surface area contributed by atoms with Gasteiger partial charge in [-0.1, -0.05) is 110 Å². The van der Waals surface area contributed by atoms with Crippen molar-refractivity contribution in [1.29, 1.82) is 0 Å². The first-order valence-corrected chi connectivity index (χ1v) is 10.4. The summed E-state index contributed by atoms with van der Waals surface area (Å²) in [7, 11) is 0. The molecule has 0 heterocycles. The van der Waals surface area contributed by atoms with Gasteiger partial charge in [-0.3, -0.25) is 0 Å². The predicted molar refractivity (Wildman–Crippen MR) is 118 cm³/mol. The summed E-state index contributed by atoms with van der Waals surface area (Å²) in [6.07, 6.45) is 7.06. The molecule has 27 heavy (non-hydrogen) atoms. The molecule has 0 spiro atoms. The van der Waals surface area contributed by atoms with Crippen LogP contribution >= 0.6 is 0 Å². The fourth-order valence-electron chi connectivity index (χ4n) is 3.85. The van der Waals surface area contributed by atoms with E-state index in [1.807, 2.05) is 12.1 Å². The lowest BCUT2D eigenvalue weighted by atomic mass is 9.80. The summed E-state index contributed by atoms with van der Waals surface area (Å²) in [6.45, 7) is 4.55. The molecule has 3 aromatic carbocycles. The summed E-state index contributed by atoms with van der Waals surface area (Å²) in [6, 6.07) is 29.9. The maximum absolute atomic E-state index is 2.39. The molecular formula is C27H32. The summed E-state index contributed by atoms with van der Waals surface area (Å²) in [4.78, 5) is 0. The van der Waals surface area contributed by atoms with Crippen molar-refractivity contribution in [3.63, 3.8) is 0 Å². The van der Waals surface area contributed by atoms with Crippen molar-refractivity contribution in [1.82, 2.24) is 0 Å². The average molecular weight is 357 g/mol. The second-order valence-electron chi connectivity index (χ2n) is 8.05. The maximum atomic E-state index is 2.39. The third kappa shape index (κ3) is 6.40. The molecule has 1 fully saturated rings. The van der Waals surface area contributed by atoms with Crippen LogP contribution < -0.4 is 0 Å². The quantitative estimate of drug-likeness (QED) is 0.450. The number of aryl methyl sites for hydroxylation is 1. The summed E-state index contributed by atoms with van der Waals surface area (Å²) in [5.41, 5.74) is 5.45. The Kier molecular flexibility index (Phi) is 7.27. The third-order valence-corrected chi connectivity index (χ3v) is 5.66. The SMILES string of the molecule is Cc1ccc(CC2CCC(C)CC2)cc1.c1ccc(-c2ccccc2)cc1. The molecule has 0 heteroatoms. The van der Waals surface area contributed by atoms with Crippen LogP contribution in [-0.2, 0) is 6.42 Å². The van der Waals surface area contributed by atoms with Crippen LogP contribution in [0.5, 0.6) is 0 Å². The molecule has 0 radical (unpaired) electrons. The molecule has 0 amide bonds. The molecule has 1 saturated carbocycles. The van der Waals surface area contributed by atoms with Crippen LogP contribution in [-0.4, -0.2) is 0 Å². The highest BCUT2D eigenvalue weighted by Gasteiger charge is 2.18. The Bertz CT molecular complexity index is 726. The van der Waals surface area contributed by atoms with Gasteiger partial charge in [-0.2, -0.15) is 0 Å². The van der Waals surface area contributed by atoms with E-state index in [-0.39, 0.29) is 0 Å². The maximum Gasteiger partial charge on any atom is -0.0184 e. The van der Waals surface area contributed by atoms with E-state index in [1.165, 1.54) is 54.4 Å². The zero-order chi connectivity index (χ0) is 18.9. The van der Waals surface area contributed by atoms with Crippen LogP contribution in [0, 0.1) is 18.8 Å². The molecule has 0 bridgehead atoms. The standard InChI is InChI=1S/C15H22.C12H10/c1-12-3-7-14(8-4-12)11-15-9-5-13(2)6-10-15;1-3-7-11(8-4-1)12-9-5-2-6-10-12/h3-4,7-8,13,15H,5-6,9-11H2,1-2H3;1-10H. The molecule has 3 aromatic rings. The zero-order valence-corrected chi connectivity index (χ0v) is 16.8. The number of hydrogen-bond donors (Lipinski definition) is 0. The molecule has 0 nitrogen and oxygen atoms in total. The van der Waals surface area contributed by atoms with Gasteiger partial charge in [0, 0.05) is 0 Å². The Morgan fingerprint density at radius 2 is 1.11 bits per heavy atom. The van der Waals surface area contributed by atoms with Gasteiger partial charge in [-0.25, -0.2) is 0 Å². The average Bonchev–Trinajstić information content (AvgIpc) is 2.73. The van der Waals surface area contributed by atoms with E-state index in [9.17, 15) is 0 Å². The van der Waals surface area contributed by atoms with Crippen LogP contribution in [0.1, 0.15) is 43.7 Å². The van der Waals surface area contributed by atoms with Crippen LogP contribution in [0.4, 0.5) is 0 Å². The van der Waals surface area contributed by atoms with Crippen molar-refractivity contribution in [3.05, 3.63) is 96.1 Å². The van der Waals surface area contributed by atoms with Gasteiger partial charge in [0.05, 0.1) is 0 Å². The minimum Gasteiger partial charge on any atom is -0.0625 e. The van der Waals surface area contributed by atoms with E-state index in [4.69, 9.17) is 0 Å². The summed E-state index contributed by atoms with van der Waals surface area (Å²) in [5, 5.41) is 0. The monoisotopic (exact) mass is 356 g/mol. The lowest BCUT2D eigenvalue weighted by Gasteiger charge is -2.26. The van der Waals surface area contributed by atoms with Gasteiger partial charge in [-0.05, 0) is 54.7 Å². The zero-order valence-electron chi connectivity index (χ0n) is 16.8. The molecule has 0 aliphatic heterocycles. The van der Waals surface area contributed by atoms with E-state index < -0.39 is 0 Å². The van der Waals surface area contributed by atoms with Gasteiger partial charge >= 0.3 is 0 Å². The van der Waals surface area contributed by atoms with Gasteiger partial charge < -0.3 is 0 Å². The number of hydrogen-bond acceptors (Lipinski definition) is 0. The van der Waals surface area contributed by atoms with Crippen molar-refractivity contribution >= 4 is 0 Å². The largest absolute Gasteiger partial charge is 0.0625 e. The van der Waals surface area contributed by atoms with Gasteiger partial charge in [0.15, 0.2) is 0 Å². The van der Waals surface area contributed by atoms with Gasteiger partial charge in [0.25, 0.3) is 0 Å². The highest BCUT2D eigenvalue weighted by Crippen LogP contribution is 2.30. The molecule has 1 aliphatic carbocycles. The van der Waals surface area contributed by atoms with E-state index in [0.717, 1.165) is 11.8 Å². The van der Waals surface area contributed by atoms with Crippen molar-refractivity contribution < 1.29 is 0 Å². The van der Waals surface area contributed by atoms with Crippen molar-refractivity contribution in [2.45, 2.75) is 46.0 Å². The van der Waals surface area contributed by atoms with Crippen LogP contribution in [0.15, 0.2) is 84.9 Å². The van der Waals surface area contributed by atoms with Crippen molar-refractivity contribution in [2.75, 3.05) is 0 Å². The van der Waals surface area contributed by atoms with Crippen LogP contribution in [0.3, 0.4) is 0 Å². The number of rotatable bonds is 3.